The molecule has 25 heavy (non-hydrogen) atoms. The van der Waals surface area contributed by atoms with Crippen LogP contribution in [0, 0.1) is 0 Å². The summed E-state index contributed by atoms with van der Waals surface area (Å²) in [6, 6.07) is 13.4. The van der Waals surface area contributed by atoms with Gasteiger partial charge in [0.1, 0.15) is 6.61 Å². The molecule has 0 saturated carbocycles. The zero-order chi connectivity index (χ0) is 18.3. The topological polar surface area (TPSA) is 62.7 Å². The average molecular weight is 342 g/mol. The van der Waals surface area contributed by atoms with Crippen LogP contribution in [0.15, 0.2) is 48.7 Å². The number of carbonyl (C=O) groups is 1. The molecule has 0 spiro atoms. The standard InChI is InChI=1S/C20H26N2O3/c1-4-22(19(23)25-15-16-8-6-5-7-9-16)13-12-18-11-10-17(14-21-18)20(2,3)24/h5-11,14,24H,4,12-13,15H2,1-3H3. The lowest BCUT2D eigenvalue weighted by molar-refractivity contribution is 0.0782. The number of rotatable bonds is 7. The molecule has 1 heterocycles. The van der Waals surface area contributed by atoms with Crippen LogP contribution >= 0.6 is 0 Å². The molecule has 134 valence electrons. The Kier molecular flexibility index (Phi) is 6.53. The van der Waals surface area contributed by atoms with Gasteiger partial charge in [0, 0.05) is 37.0 Å². The SMILES string of the molecule is CCN(CCc1ccc(C(C)(C)O)cn1)C(=O)OCc1ccccc1. The fraction of sp³-hybridized carbons (Fsp3) is 0.400. The lowest BCUT2D eigenvalue weighted by Crippen LogP contribution is -2.33. The molecule has 0 radical (unpaired) electrons. The van der Waals surface area contributed by atoms with E-state index in [9.17, 15) is 9.90 Å². The van der Waals surface area contributed by atoms with Crippen molar-refractivity contribution in [3.63, 3.8) is 0 Å². The molecular weight excluding hydrogens is 316 g/mol. The van der Waals surface area contributed by atoms with E-state index in [0.717, 1.165) is 16.8 Å². The summed E-state index contributed by atoms with van der Waals surface area (Å²) in [6.07, 6.45) is 2.00. The lowest BCUT2D eigenvalue weighted by atomic mass is 10.0. The Hall–Kier alpha value is -2.40. The Labute approximate surface area is 149 Å². The number of amides is 1. The van der Waals surface area contributed by atoms with Gasteiger partial charge in [-0.2, -0.15) is 0 Å². The minimum absolute atomic E-state index is 0.273. The Balaban J connectivity index is 1.85. The van der Waals surface area contributed by atoms with E-state index in [2.05, 4.69) is 4.98 Å². The van der Waals surface area contributed by atoms with Crippen molar-refractivity contribution in [1.29, 1.82) is 0 Å². The molecule has 5 nitrogen and oxygen atoms in total. The van der Waals surface area contributed by atoms with Crippen LogP contribution in [-0.4, -0.2) is 34.2 Å². The predicted molar refractivity (Wildman–Crippen MR) is 97.1 cm³/mol. The lowest BCUT2D eigenvalue weighted by Gasteiger charge is -2.21. The van der Waals surface area contributed by atoms with E-state index >= 15 is 0 Å². The summed E-state index contributed by atoms with van der Waals surface area (Å²) in [5.41, 5.74) is 1.71. The van der Waals surface area contributed by atoms with Gasteiger partial charge in [0.05, 0.1) is 5.60 Å². The second-order valence-electron chi connectivity index (χ2n) is 6.47. The van der Waals surface area contributed by atoms with Crippen molar-refractivity contribution in [2.75, 3.05) is 13.1 Å². The Morgan fingerprint density at radius 3 is 2.48 bits per heavy atom. The first-order valence-electron chi connectivity index (χ1n) is 8.53. The van der Waals surface area contributed by atoms with Crippen LogP contribution in [0.3, 0.4) is 0 Å². The number of likely N-dealkylation sites (N-methyl/N-ethyl adjacent to an activating group) is 1. The molecule has 1 aromatic carbocycles. The zero-order valence-corrected chi connectivity index (χ0v) is 15.1. The molecule has 1 amide bonds. The first-order valence-corrected chi connectivity index (χ1v) is 8.53. The van der Waals surface area contributed by atoms with Gasteiger partial charge in [0.15, 0.2) is 0 Å². The Morgan fingerprint density at radius 2 is 1.92 bits per heavy atom. The van der Waals surface area contributed by atoms with Crippen molar-refractivity contribution >= 4 is 6.09 Å². The van der Waals surface area contributed by atoms with E-state index in [4.69, 9.17) is 4.74 Å². The molecular formula is C20H26N2O3. The van der Waals surface area contributed by atoms with E-state index in [-0.39, 0.29) is 12.7 Å². The number of pyridine rings is 1. The molecule has 2 aromatic rings. The number of ether oxygens (including phenoxy) is 1. The largest absolute Gasteiger partial charge is 0.445 e. The first-order chi connectivity index (χ1) is 11.9. The highest BCUT2D eigenvalue weighted by Gasteiger charge is 2.17. The number of carbonyl (C=O) groups excluding carboxylic acids is 1. The van der Waals surface area contributed by atoms with Crippen LogP contribution in [0.25, 0.3) is 0 Å². The number of benzene rings is 1. The molecule has 0 aliphatic rings. The first kappa shape index (κ1) is 18.9. The van der Waals surface area contributed by atoms with Crippen LogP contribution in [0.2, 0.25) is 0 Å². The summed E-state index contributed by atoms with van der Waals surface area (Å²) in [5, 5.41) is 9.95. The van der Waals surface area contributed by atoms with Gasteiger partial charge in [-0.15, -0.1) is 0 Å². The van der Waals surface area contributed by atoms with Crippen LogP contribution in [0.1, 0.15) is 37.6 Å². The van der Waals surface area contributed by atoms with Gasteiger partial charge >= 0.3 is 6.09 Å². The number of nitrogens with zero attached hydrogens (tertiary/aromatic N) is 2. The maximum Gasteiger partial charge on any atom is 0.410 e. The average Bonchev–Trinajstić information content (AvgIpc) is 2.61. The summed E-state index contributed by atoms with van der Waals surface area (Å²) in [5.74, 6) is 0. The molecule has 0 atom stereocenters. The third-order valence-electron chi connectivity index (χ3n) is 4.01. The van der Waals surface area contributed by atoms with E-state index in [1.165, 1.54) is 0 Å². The summed E-state index contributed by atoms with van der Waals surface area (Å²) < 4.78 is 5.37. The highest BCUT2D eigenvalue weighted by molar-refractivity contribution is 5.67. The minimum Gasteiger partial charge on any atom is -0.445 e. The van der Waals surface area contributed by atoms with E-state index < -0.39 is 5.60 Å². The zero-order valence-electron chi connectivity index (χ0n) is 15.1. The van der Waals surface area contributed by atoms with Gasteiger partial charge in [-0.25, -0.2) is 4.79 Å². The van der Waals surface area contributed by atoms with Crippen molar-refractivity contribution < 1.29 is 14.6 Å². The van der Waals surface area contributed by atoms with Gasteiger partial charge in [-0.3, -0.25) is 4.98 Å². The smallest absolute Gasteiger partial charge is 0.410 e. The van der Waals surface area contributed by atoms with Crippen molar-refractivity contribution in [2.24, 2.45) is 0 Å². The molecule has 1 N–H and O–H groups in total. The molecule has 0 aliphatic heterocycles. The van der Waals surface area contributed by atoms with Crippen molar-refractivity contribution in [2.45, 2.75) is 39.4 Å². The van der Waals surface area contributed by atoms with Crippen molar-refractivity contribution in [3.05, 3.63) is 65.5 Å². The van der Waals surface area contributed by atoms with Gasteiger partial charge < -0.3 is 14.7 Å². The highest BCUT2D eigenvalue weighted by Crippen LogP contribution is 2.18. The number of aromatic nitrogens is 1. The third kappa shape index (κ3) is 5.87. The molecule has 2 rings (SSSR count). The summed E-state index contributed by atoms with van der Waals surface area (Å²) in [6.45, 7) is 6.77. The Morgan fingerprint density at radius 1 is 1.20 bits per heavy atom. The molecule has 0 fully saturated rings. The number of aliphatic hydroxyl groups is 1. The van der Waals surface area contributed by atoms with Crippen LogP contribution < -0.4 is 0 Å². The summed E-state index contributed by atoms with van der Waals surface area (Å²) in [7, 11) is 0. The summed E-state index contributed by atoms with van der Waals surface area (Å²) in [4.78, 5) is 18.2. The van der Waals surface area contributed by atoms with Crippen LogP contribution in [0.4, 0.5) is 4.79 Å². The predicted octanol–water partition coefficient (Wildman–Crippen LogP) is 3.51. The minimum atomic E-state index is -0.901. The number of hydrogen-bond donors (Lipinski definition) is 1. The van der Waals surface area contributed by atoms with Crippen molar-refractivity contribution in [3.8, 4) is 0 Å². The second kappa shape index (κ2) is 8.62. The van der Waals surface area contributed by atoms with Gasteiger partial charge in [0.25, 0.3) is 0 Å². The fourth-order valence-electron chi connectivity index (χ4n) is 2.37. The third-order valence-corrected chi connectivity index (χ3v) is 4.01. The molecule has 0 bridgehead atoms. The van der Waals surface area contributed by atoms with E-state index in [1.807, 2.05) is 49.4 Å². The fourth-order valence-corrected chi connectivity index (χ4v) is 2.37. The quantitative estimate of drug-likeness (QED) is 0.836. The van der Waals surface area contributed by atoms with Crippen LogP contribution in [-0.2, 0) is 23.4 Å². The molecule has 0 unspecified atom stereocenters. The van der Waals surface area contributed by atoms with Gasteiger partial charge in [-0.1, -0.05) is 36.4 Å². The molecule has 0 aliphatic carbocycles. The molecule has 0 saturated heterocycles. The maximum atomic E-state index is 12.2. The maximum absolute atomic E-state index is 12.2. The Bertz CT molecular complexity index is 664. The monoisotopic (exact) mass is 342 g/mol. The number of hydrogen-bond acceptors (Lipinski definition) is 4. The molecule has 5 heteroatoms. The summed E-state index contributed by atoms with van der Waals surface area (Å²) >= 11 is 0. The van der Waals surface area contributed by atoms with Gasteiger partial charge in [0.2, 0.25) is 0 Å². The normalized spacial score (nSPS) is 11.2. The highest BCUT2D eigenvalue weighted by atomic mass is 16.6. The van der Waals surface area contributed by atoms with Gasteiger partial charge in [-0.05, 0) is 32.4 Å². The van der Waals surface area contributed by atoms with Crippen LogP contribution in [0.5, 0.6) is 0 Å². The second-order valence-corrected chi connectivity index (χ2v) is 6.47. The van der Waals surface area contributed by atoms with E-state index in [1.54, 1.807) is 24.9 Å². The van der Waals surface area contributed by atoms with Crippen molar-refractivity contribution in [1.82, 2.24) is 9.88 Å². The van der Waals surface area contributed by atoms with E-state index in [0.29, 0.717) is 19.5 Å². The molecule has 1 aromatic heterocycles.